The Hall–Kier alpha value is -3.43. The number of rotatable bonds is 4. The smallest absolute Gasteiger partial charge is 0.334 e. The number of amides is 5. The first kappa shape index (κ1) is 22.4. The summed E-state index contributed by atoms with van der Waals surface area (Å²) in [4.78, 5) is 58.2. The van der Waals surface area contributed by atoms with E-state index in [0.717, 1.165) is 42.7 Å². The van der Waals surface area contributed by atoms with E-state index in [1.54, 1.807) is 12.3 Å². The van der Waals surface area contributed by atoms with Gasteiger partial charge in [-0.15, -0.1) is 0 Å². The zero-order chi connectivity index (χ0) is 24.3. The van der Waals surface area contributed by atoms with Crippen LogP contribution in [0, 0.1) is 5.41 Å². The normalized spacial score (nSPS) is 30.6. The summed E-state index contributed by atoms with van der Waals surface area (Å²) in [7, 11) is 0. The van der Waals surface area contributed by atoms with Crippen LogP contribution in [-0.4, -0.2) is 51.1 Å². The van der Waals surface area contributed by atoms with E-state index in [1.807, 2.05) is 13.0 Å². The van der Waals surface area contributed by atoms with Gasteiger partial charge < -0.3 is 16.8 Å². The van der Waals surface area contributed by atoms with Crippen LogP contribution in [0.15, 0.2) is 29.7 Å². The van der Waals surface area contributed by atoms with Crippen LogP contribution in [0.5, 0.6) is 0 Å². The number of unbranched alkanes of at least 4 members (excludes halogenated alkanes) is 1. The molecule has 1 aromatic heterocycles. The van der Waals surface area contributed by atoms with Crippen LogP contribution in [-0.2, 0) is 15.1 Å². The van der Waals surface area contributed by atoms with Gasteiger partial charge in [-0.1, -0.05) is 13.3 Å². The number of aromatic nitrogens is 1. The van der Waals surface area contributed by atoms with Crippen molar-refractivity contribution in [1.29, 1.82) is 0 Å². The van der Waals surface area contributed by atoms with Crippen molar-refractivity contribution in [1.82, 2.24) is 20.1 Å². The van der Waals surface area contributed by atoms with Crippen LogP contribution in [0.3, 0.4) is 0 Å². The summed E-state index contributed by atoms with van der Waals surface area (Å²) in [5, 5.41) is 3.14. The Morgan fingerprint density at radius 1 is 1.15 bits per heavy atom. The molecule has 0 radical (unpaired) electrons. The number of pyridine rings is 1. The molecule has 34 heavy (non-hydrogen) atoms. The van der Waals surface area contributed by atoms with Gasteiger partial charge in [-0.05, 0) is 62.5 Å². The van der Waals surface area contributed by atoms with E-state index in [9.17, 15) is 19.2 Å². The lowest BCUT2D eigenvalue weighted by atomic mass is 9.51. The van der Waals surface area contributed by atoms with E-state index in [0.29, 0.717) is 24.8 Å². The highest BCUT2D eigenvalue weighted by Gasteiger charge is 2.61. The number of hydrogen-bond donors (Lipinski definition) is 3. The summed E-state index contributed by atoms with van der Waals surface area (Å²) in [6.07, 6.45) is 7.63. The highest BCUT2D eigenvalue weighted by Crippen LogP contribution is 2.62. The number of nitrogens with two attached hydrogens (primary N) is 2. The summed E-state index contributed by atoms with van der Waals surface area (Å²) in [5.41, 5.74) is 12.1. The Labute approximate surface area is 197 Å². The van der Waals surface area contributed by atoms with Crippen molar-refractivity contribution in [3.63, 3.8) is 0 Å². The Balaban J connectivity index is 1.31. The van der Waals surface area contributed by atoms with Crippen molar-refractivity contribution >= 4 is 23.8 Å². The van der Waals surface area contributed by atoms with Gasteiger partial charge in [0.1, 0.15) is 11.4 Å². The third-order valence-electron chi connectivity index (χ3n) is 7.95. The molecule has 2 saturated carbocycles. The molecule has 0 unspecified atom stereocenters. The standard InChI is InChI=1S/C24H30N6O4/c1-2-3-11-29-20(32)16(18(25)26)21(33)30(22(29)34)14-6-8-23(9-7-14)12-24(13-23)17-15(19(31)28-24)5-4-10-27-17/h4-5,10,14H,2-3,6-9,11-13,25-26H2,1H3,(H,28,31). The number of fused-ring (bicyclic) bond motifs is 2. The molecule has 180 valence electrons. The minimum absolute atomic E-state index is 0.0358. The van der Waals surface area contributed by atoms with E-state index in [-0.39, 0.29) is 35.3 Å². The molecule has 4 aliphatic rings. The maximum absolute atomic E-state index is 13.2. The van der Waals surface area contributed by atoms with Crippen LogP contribution >= 0.6 is 0 Å². The maximum atomic E-state index is 13.2. The van der Waals surface area contributed by atoms with Crippen molar-refractivity contribution in [2.24, 2.45) is 16.9 Å². The zero-order valence-electron chi connectivity index (χ0n) is 19.3. The number of nitrogens with one attached hydrogen (secondary N) is 1. The summed E-state index contributed by atoms with van der Waals surface area (Å²) in [6.45, 7) is 2.18. The van der Waals surface area contributed by atoms with Gasteiger partial charge in [-0.25, -0.2) is 4.79 Å². The number of urea groups is 1. The zero-order valence-corrected chi connectivity index (χ0v) is 19.3. The second kappa shape index (κ2) is 7.82. The Kier molecular flexibility index (Phi) is 5.14. The number of nitrogens with zero attached hydrogens (tertiary/aromatic N) is 3. The van der Waals surface area contributed by atoms with Crippen LogP contribution in [0.2, 0.25) is 0 Å². The Bertz CT molecular complexity index is 1110. The summed E-state index contributed by atoms with van der Waals surface area (Å²) < 4.78 is 0. The van der Waals surface area contributed by atoms with Crippen LogP contribution < -0.4 is 16.8 Å². The molecule has 1 aromatic rings. The minimum atomic E-state index is -0.712. The van der Waals surface area contributed by atoms with E-state index >= 15 is 0 Å². The van der Waals surface area contributed by atoms with Gasteiger partial charge in [0, 0.05) is 18.8 Å². The summed E-state index contributed by atoms with van der Waals surface area (Å²) in [6, 6.07) is 2.68. The van der Waals surface area contributed by atoms with Gasteiger partial charge in [0.25, 0.3) is 17.7 Å². The van der Waals surface area contributed by atoms with Crippen LogP contribution in [0.1, 0.15) is 74.3 Å². The van der Waals surface area contributed by atoms with E-state index in [1.165, 1.54) is 4.90 Å². The number of imide groups is 2. The van der Waals surface area contributed by atoms with Gasteiger partial charge in [-0.3, -0.25) is 29.2 Å². The molecule has 3 fully saturated rings. The summed E-state index contributed by atoms with van der Waals surface area (Å²) >= 11 is 0. The quantitative estimate of drug-likeness (QED) is 0.449. The molecular formula is C24H30N6O4. The van der Waals surface area contributed by atoms with Gasteiger partial charge >= 0.3 is 6.03 Å². The highest BCUT2D eigenvalue weighted by molar-refractivity contribution is 6.29. The molecular weight excluding hydrogens is 436 g/mol. The molecule has 5 amide bonds. The summed E-state index contributed by atoms with van der Waals surface area (Å²) in [5.74, 6) is -1.84. The van der Waals surface area contributed by atoms with Crippen molar-refractivity contribution in [2.45, 2.75) is 69.9 Å². The monoisotopic (exact) mass is 466 g/mol. The fraction of sp³-hybridized carbons (Fsp3) is 0.542. The van der Waals surface area contributed by atoms with Gasteiger partial charge in [0.15, 0.2) is 0 Å². The van der Waals surface area contributed by atoms with Gasteiger partial charge in [-0.2, -0.15) is 0 Å². The first-order valence-electron chi connectivity index (χ1n) is 11.9. The van der Waals surface area contributed by atoms with E-state index in [2.05, 4.69) is 10.3 Å². The second-order valence-corrected chi connectivity index (χ2v) is 10.1. The molecule has 3 heterocycles. The highest BCUT2D eigenvalue weighted by atomic mass is 16.2. The first-order valence-corrected chi connectivity index (χ1v) is 11.9. The molecule has 2 aliphatic heterocycles. The van der Waals surface area contributed by atoms with Crippen molar-refractivity contribution in [2.75, 3.05) is 6.54 Å². The average Bonchev–Trinajstić information content (AvgIpc) is 3.07. The maximum Gasteiger partial charge on any atom is 0.334 e. The first-order chi connectivity index (χ1) is 16.2. The molecule has 2 spiro atoms. The second-order valence-electron chi connectivity index (χ2n) is 10.1. The molecule has 5 rings (SSSR count). The largest absolute Gasteiger partial charge is 0.385 e. The van der Waals surface area contributed by atoms with Crippen molar-refractivity contribution in [3.8, 4) is 0 Å². The Morgan fingerprint density at radius 2 is 1.85 bits per heavy atom. The van der Waals surface area contributed by atoms with E-state index < -0.39 is 23.4 Å². The van der Waals surface area contributed by atoms with Crippen molar-refractivity contribution in [3.05, 3.63) is 41.0 Å². The SMILES string of the molecule is CCCCN1C(=O)C(=C(N)N)C(=O)N(C2CCC3(CC2)CC2(C3)NC(=O)c3cccnc32)C1=O. The predicted molar refractivity (Wildman–Crippen MR) is 122 cm³/mol. The van der Waals surface area contributed by atoms with Crippen molar-refractivity contribution < 1.29 is 19.2 Å². The lowest BCUT2D eigenvalue weighted by molar-refractivity contribution is -0.139. The predicted octanol–water partition coefficient (Wildman–Crippen LogP) is 1.46. The van der Waals surface area contributed by atoms with Crippen LogP contribution in [0.25, 0.3) is 0 Å². The molecule has 0 bridgehead atoms. The third kappa shape index (κ3) is 3.19. The lowest BCUT2D eigenvalue weighted by Crippen LogP contribution is -2.62. The molecule has 1 saturated heterocycles. The minimum Gasteiger partial charge on any atom is -0.385 e. The topological polar surface area (TPSA) is 152 Å². The molecule has 0 atom stereocenters. The fourth-order valence-corrected chi connectivity index (χ4v) is 6.36. The lowest BCUT2D eigenvalue weighted by Gasteiger charge is -2.57. The molecule has 2 aliphatic carbocycles. The van der Waals surface area contributed by atoms with Gasteiger partial charge in [0.05, 0.1) is 16.8 Å². The number of carbonyl (C=O) groups is 4. The van der Waals surface area contributed by atoms with E-state index in [4.69, 9.17) is 11.5 Å². The van der Waals surface area contributed by atoms with Crippen LogP contribution in [0.4, 0.5) is 4.79 Å². The molecule has 10 nitrogen and oxygen atoms in total. The molecule has 0 aromatic carbocycles. The molecule has 5 N–H and O–H groups in total. The average molecular weight is 467 g/mol. The third-order valence-corrected chi connectivity index (χ3v) is 7.95. The number of barbiturate groups is 1. The number of carbonyl (C=O) groups excluding carboxylic acids is 4. The van der Waals surface area contributed by atoms with Gasteiger partial charge in [0.2, 0.25) is 0 Å². The Morgan fingerprint density at radius 3 is 2.50 bits per heavy atom. The molecule has 10 heteroatoms. The number of hydrogen-bond acceptors (Lipinski definition) is 7. The fourth-order valence-electron chi connectivity index (χ4n) is 6.36.